The Kier molecular flexibility index (Phi) is 3.02. The zero-order valence-electron chi connectivity index (χ0n) is 4.40. The fourth-order valence-corrected chi connectivity index (χ4v) is 0.214. The molecule has 0 fully saturated rings. The van der Waals surface area contributed by atoms with E-state index in [9.17, 15) is 0 Å². The van der Waals surface area contributed by atoms with Gasteiger partial charge in [0.05, 0.1) is 6.61 Å². The van der Waals surface area contributed by atoms with Gasteiger partial charge < -0.3 is 4.74 Å². The summed E-state index contributed by atoms with van der Waals surface area (Å²) in [6, 6.07) is 0. The molecule has 0 aromatic carbocycles. The lowest BCUT2D eigenvalue weighted by atomic mass is 10.6. The van der Waals surface area contributed by atoms with Gasteiger partial charge in [0, 0.05) is 0 Å². The average Bonchev–Trinajstić information content (AvgIpc) is 1.68. The predicted octanol–water partition coefficient (Wildman–Crippen LogP) is 1.19. The van der Waals surface area contributed by atoms with Crippen molar-refractivity contribution in [3.63, 3.8) is 0 Å². The van der Waals surface area contributed by atoms with E-state index in [0.29, 0.717) is 6.61 Å². The zero-order valence-corrected chi connectivity index (χ0v) is 4.40. The van der Waals surface area contributed by atoms with Crippen molar-refractivity contribution < 1.29 is 4.74 Å². The molecule has 1 N–H and O–H groups in total. The van der Waals surface area contributed by atoms with Gasteiger partial charge in [0.25, 0.3) is 0 Å². The normalized spacial score (nSPS) is 7.57. The molecule has 2 nitrogen and oxygen atoms in total. The van der Waals surface area contributed by atoms with Crippen LogP contribution in [0.1, 0.15) is 6.92 Å². The van der Waals surface area contributed by atoms with Gasteiger partial charge in [-0.1, -0.05) is 6.58 Å². The van der Waals surface area contributed by atoms with Crippen LogP contribution in [0.4, 0.5) is 0 Å². The third-order valence-corrected chi connectivity index (χ3v) is 0.485. The van der Waals surface area contributed by atoms with E-state index in [0.717, 1.165) is 0 Å². The Morgan fingerprint density at radius 1 is 2.00 bits per heavy atom. The molecule has 7 heavy (non-hydrogen) atoms. The molecule has 0 aliphatic carbocycles. The zero-order chi connectivity index (χ0) is 5.70. The van der Waals surface area contributed by atoms with Gasteiger partial charge in [-0.25, -0.2) is 0 Å². The molecule has 0 amide bonds. The molecule has 0 aliphatic heterocycles. The first-order chi connectivity index (χ1) is 3.31. The van der Waals surface area contributed by atoms with Crippen molar-refractivity contribution in [2.75, 3.05) is 6.61 Å². The van der Waals surface area contributed by atoms with Crippen LogP contribution in [0.2, 0.25) is 0 Å². The number of rotatable bonds is 2. The maximum atomic E-state index is 6.80. The highest BCUT2D eigenvalue weighted by molar-refractivity contribution is 5.83. The van der Waals surface area contributed by atoms with Gasteiger partial charge in [0.1, 0.15) is 0 Å². The molecule has 0 saturated carbocycles. The van der Waals surface area contributed by atoms with Crippen molar-refractivity contribution in [1.29, 1.82) is 5.41 Å². The van der Waals surface area contributed by atoms with Crippen molar-refractivity contribution >= 4 is 5.90 Å². The number of nitrogens with one attached hydrogen (secondary N) is 1. The highest BCUT2D eigenvalue weighted by Crippen LogP contribution is 1.75. The van der Waals surface area contributed by atoms with Crippen LogP contribution < -0.4 is 0 Å². The maximum Gasteiger partial charge on any atom is 0.205 e. The lowest BCUT2D eigenvalue weighted by molar-refractivity contribution is 0.327. The summed E-state index contributed by atoms with van der Waals surface area (Å²) in [6.07, 6.45) is 1.36. The topological polar surface area (TPSA) is 33.1 Å². The fraction of sp³-hybridized carbons (Fsp3) is 0.400. The molecule has 0 unspecified atom stereocenters. The number of ether oxygens (including phenoxy) is 1. The third kappa shape index (κ3) is 3.03. The molecule has 0 saturated heterocycles. The molecular formula is C5H9NO. The molecule has 0 heterocycles. The van der Waals surface area contributed by atoms with Crippen LogP contribution in [-0.2, 0) is 4.74 Å². The summed E-state index contributed by atoms with van der Waals surface area (Å²) >= 11 is 0. The minimum Gasteiger partial charge on any atom is -0.478 e. The van der Waals surface area contributed by atoms with Crippen molar-refractivity contribution in [2.24, 2.45) is 0 Å². The molecule has 0 radical (unpaired) electrons. The maximum absolute atomic E-state index is 6.80. The second-order valence-corrected chi connectivity index (χ2v) is 1.00. The highest BCUT2D eigenvalue weighted by atomic mass is 16.5. The molecule has 2 heteroatoms. The predicted molar refractivity (Wildman–Crippen MR) is 29.5 cm³/mol. The van der Waals surface area contributed by atoms with E-state index >= 15 is 0 Å². The molecule has 0 atom stereocenters. The summed E-state index contributed by atoms with van der Waals surface area (Å²) < 4.78 is 4.66. The number of hydrogen-bond donors (Lipinski definition) is 1. The van der Waals surface area contributed by atoms with Gasteiger partial charge in [-0.05, 0) is 13.0 Å². The molecule has 40 valence electrons. The molecule has 0 spiro atoms. The SMILES string of the molecule is C=CC(=N)OCC. The van der Waals surface area contributed by atoms with E-state index in [4.69, 9.17) is 5.41 Å². The summed E-state index contributed by atoms with van der Waals surface area (Å²) in [5.41, 5.74) is 0. The molecule has 0 aliphatic rings. The van der Waals surface area contributed by atoms with Crippen molar-refractivity contribution in [1.82, 2.24) is 0 Å². The van der Waals surface area contributed by atoms with E-state index in [1.165, 1.54) is 6.08 Å². The first-order valence-corrected chi connectivity index (χ1v) is 2.15. The fourth-order valence-electron chi connectivity index (χ4n) is 0.214. The van der Waals surface area contributed by atoms with E-state index in [1.54, 1.807) is 0 Å². The van der Waals surface area contributed by atoms with Crippen LogP contribution in [-0.4, -0.2) is 12.5 Å². The molecule has 0 bridgehead atoms. The lowest BCUT2D eigenvalue weighted by Crippen LogP contribution is -1.96. The van der Waals surface area contributed by atoms with Gasteiger partial charge in [0.15, 0.2) is 0 Å². The third-order valence-electron chi connectivity index (χ3n) is 0.485. The molecule has 0 aromatic heterocycles. The molecule has 0 rings (SSSR count). The smallest absolute Gasteiger partial charge is 0.205 e. The van der Waals surface area contributed by atoms with E-state index < -0.39 is 0 Å². The van der Waals surface area contributed by atoms with Gasteiger partial charge in [-0.2, -0.15) is 0 Å². The molecule has 0 aromatic rings. The van der Waals surface area contributed by atoms with Crippen LogP contribution >= 0.6 is 0 Å². The second kappa shape index (κ2) is 3.40. The van der Waals surface area contributed by atoms with Crippen molar-refractivity contribution in [3.8, 4) is 0 Å². The highest BCUT2D eigenvalue weighted by Gasteiger charge is 1.80. The van der Waals surface area contributed by atoms with Gasteiger partial charge in [0.2, 0.25) is 5.90 Å². The Labute approximate surface area is 43.3 Å². The van der Waals surface area contributed by atoms with E-state index in [1.807, 2.05) is 6.92 Å². The Hall–Kier alpha value is -0.790. The lowest BCUT2D eigenvalue weighted by Gasteiger charge is -1.94. The summed E-state index contributed by atoms with van der Waals surface area (Å²) in [5.74, 6) is 0.141. The second-order valence-electron chi connectivity index (χ2n) is 1.00. The monoisotopic (exact) mass is 99.1 g/mol. The summed E-state index contributed by atoms with van der Waals surface area (Å²) in [4.78, 5) is 0. The Morgan fingerprint density at radius 3 is 2.71 bits per heavy atom. The quantitative estimate of drug-likeness (QED) is 0.409. The first kappa shape index (κ1) is 6.21. The van der Waals surface area contributed by atoms with Crippen LogP contribution in [0.3, 0.4) is 0 Å². The Morgan fingerprint density at radius 2 is 2.57 bits per heavy atom. The largest absolute Gasteiger partial charge is 0.478 e. The van der Waals surface area contributed by atoms with Crippen LogP contribution in [0, 0.1) is 5.41 Å². The van der Waals surface area contributed by atoms with Crippen molar-refractivity contribution in [3.05, 3.63) is 12.7 Å². The summed E-state index contributed by atoms with van der Waals surface area (Å²) in [5, 5.41) is 6.80. The first-order valence-electron chi connectivity index (χ1n) is 2.15. The minimum absolute atomic E-state index is 0.141. The number of hydrogen-bond acceptors (Lipinski definition) is 2. The van der Waals surface area contributed by atoms with Crippen molar-refractivity contribution in [2.45, 2.75) is 6.92 Å². The van der Waals surface area contributed by atoms with E-state index in [2.05, 4.69) is 11.3 Å². The standard InChI is InChI=1S/C5H9NO/c1-3-5(6)7-4-2/h3,6H,1,4H2,2H3. The Balaban J connectivity index is 3.17. The van der Waals surface area contributed by atoms with Crippen LogP contribution in [0.15, 0.2) is 12.7 Å². The van der Waals surface area contributed by atoms with Gasteiger partial charge in [-0.15, -0.1) is 0 Å². The average molecular weight is 99.1 g/mol. The van der Waals surface area contributed by atoms with E-state index in [-0.39, 0.29) is 5.90 Å². The van der Waals surface area contributed by atoms with Crippen LogP contribution in [0.25, 0.3) is 0 Å². The molecular weight excluding hydrogens is 90.1 g/mol. The summed E-state index contributed by atoms with van der Waals surface area (Å²) in [6.45, 7) is 5.71. The van der Waals surface area contributed by atoms with Crippen LogP contribution in [0.5, 0.6) is 0 Å². The summed E-state index contributed by atoms with van der Waals surface area (Å²) in [7, 11) is 0. The van der Waals surface area contributed by atoms with Gasteiger partial charge >= 0.3 is 0 Å². The van der Waals surface area contributed by atoms with Gasteiger partial charge in [-0.3, -0.25) is 5.41 Å². The Bertz CT molecular complexity index is 78.1. The minimum atomic E-state index is 0.141.